The van der Waals surface area contributed by atoms with Gasteiger partial charge in [-0.2, -0.15) is 0 Å². The highest BCUT2D eigenvalue weighted by Gasteiger charge is 2.31. The van der Waals surface area contributed by atoms with E-state index in [1.54, 1.807) is 30.3 Å². The molecule has 0 saturated heterocycles. The van der Waals surface area contributed by atoms with Gasteiger partial charge in [0.05, 0.1) is 18.5 Å². The Kier molecular flexibility index (Phi) is 6.11. The summed E-state index contributed by atoms with van der Waals surface area (Å²) in [6.07, 6.45) is -0.427. The minimum atomic E-state index is -1.15. The number of nitro groups is 1. The molecule has 0 radical (unpaired) electrons. The van der Waals surface area contributed by atoms with Gasteiger partial charge >= 0.3 is 5.97 Å². The summed E-state index contributed by atoms with van der Waals surface area (Å²) < 4.78 is 10.7. The van der Waals surface area contributed by atoms with E-state index in [9.17, 15) is 35.0 Å². The van der Waals surface area contributed by atoms with Crippen molar-refractivity contribution >= 4 is 22.6 Å². The van der Waals surface area contributed by atoms with E-state index in [1.807, 2.05) is 0 Å². The van der Waals surface area contributed by atoms with E-state index < -0.39 is 51.3 Å². The summed E-state index contributed by atoms with van der Waals surface area (Å²) in [6.45, 7) is 0. The second kappa shape index (κ2) is 9.18. The average molecular weight is 477 g/mol. The van der Waals surface area contributed by atoms with Crippen molar-refractivity contribution in [3.63, 3.8) is 0 Å². The maximum atomic E-state index is 13.0. The molecule has 10 heteroatoms. The topological polar surface area (TPSA) is 160 Å². The molecule has 1 atom stereocenters. The fourth-order valence-electron chi connectivity index (χ4n) is 3.93. The molecule has 0 saturated carbocycles. The zero-order chi connectivity index (χ0) is 25.3. The molecule has 0 amide bonds. The standard InChI is InChI=1S/C25H19NO9/c1-34-19(28)11-16(14-8-5-9-15(10-14)26(32)33)20-22(29)24(31)23(30)21-17(27)12-18(35-25(20)21)13-6-3-2-4-7-13/h2-10,12,16,29-31H,11H2,1H3/t16-/m0/s1. The van der Waals surface area contributed by atoms with Crippen LogP contribution in [-0.2, 0) is 9.53 Å². The number of rotatable bonds is 6. The molecule has 0 aliphatic carbocycles. The van der Waals surface area contributed by atoms with Gasteiger partial charge in [-0.05, 0) is 5.56 Å². The summed E-state index contributed by atoms with van der Waals surface area (Å²) in [5.74, 6) is -4.51. The first kappa shape index (κ1) is 23.3. The highest BCUT2D eigenvalue weighted by molar-refractivity contribution is 5.93. The lowest BCUT2D eigenvalue weighted by Gasteiger charge is -2.21. The first-order chi connectivity index (χ1) is 16.7. The quantitative estimate of drug-likeness (QED) is 0.160. The lowest BCUT2D eigenvalue weighted by atomic mass is 9.86. The van der Waals surface area contributed by atoms with Gasteiger partial charge < -0.3 is 24.5 Å². The molecule has 10 nitrogen and oxygen atoms in total. The van der Waals surface area contributed by atoms with Crippen LogP contribution in [0.15, 0.2) is 69.9 Å². The van der Waals surface area contributed by atoms with Crippen LogP contribution < -0.4 is 5.43 Å². The number of phenols is 3. The predicted octanol–water partition coefficient (Wildman–Crippen LogP) is 4.18. The third-order valence-electron chi connectivity index (χ3n) is 5.62. The van der Waals surface area contributed by atoms with Crippen molar-refractivity contribution < 1.29 is 34.2 Å². The number of aromatic hydroxyl groups is 3. The molecule has 3 N–H and O–H groups in total. The van der Waals surface area contributed by atoms with E-state index in [1.165, 1.54) is 24.3 Å². The molecule has 0 unspecified atom stereocenters. The maximum Gasteiger partial charge on any atom is 0.306 e. The van der Waals surface area contributed by atoms with Crippen molar-refractivity contribution in [2.24, 2.45) is 0 Å². The molecule has 35 heavy (non-hydrogen) atoms. The average Bonchev–Trinajstić information content (AvgIpc) is 2.86. The molecule has 0 fully saturated rings. The van der Waals surface area contributed by atoms with Crippen LogP contribution in [0.3, 0.4) is 0 Å². The van der Waals surface area contributed by atoms with Gasteiger partial charge in [0.25, 0.3) is 5.69 Å². The van der Waals surface area contributed by atoms with Gasteiger partial charge in [0, 0.05) is 35.2 Å². The number of ether oxygens (including phenoxy) is 1. The van der Waals surface area contributed by atoms with E-state index >= 15 is 0 Å². The second-order valence-corrected chi connectivity index (χ2v) is 7.69. The lowest BCUT2D eigenvalue weighted by molar-refractivity contribution is -0.384. The van der Waals surface area contributed by atoms with Crippen molar-refractivity contribution in [2.75, 3.05) is 7.11 Å². The Bertz CT molecular complexity index is 1510. The molecule has 3 aromatic carbocycles. The van der Waals surface area contributed by atoms with Gasteiger partial charge in [-0.3, -0.25) is 19.7 Å². The Morgan fingerprint density at radius 1 is 1.03 bits per heavy atom. The number of methoxy groups -OCH3 is 1. The molecular formula is C25H19NO9. The summed E-state index contributed by atoms with van der Waals surface area (Å²) >= 11 is 0. The zero-order valence-corrected chi connectivity index (χ0v) is 18.3. The number of hydrogen-bond acceptors (Lipinski definition) is 9. The van der Waals surface area contributed by atoms with E-state index in [0.29, 0.717) is 5.56 Å². The normalized spacial score (nSPS) is 11.8. The van der Waals surface area contributed by atoms with Gasteiger partial charge in [-0.1, -0.05) is 42.5 Å². The van der Waals surface area contributed by atoms with E-state index in [-0.39, 0.29) is 28.2 Å². The largest absolute Gasteiger partial charge is 0.504 e. The van der Waals surface area contributed by atoms with Gasteiger partial charge in [0.1, 0.15) is 16.7 Å². The van der Waals surface area contributed by atoms with Crippen LogP contribution in [0.2, 0.25) is 0 Å². The number of non-ortho nitro benzene ring substituents is 1. The van der Waals surface area contributed by atoms with Crippen LogP contribution in [0.1, 0.15) is 23.5 Å². The van der Waals surface area contributed by atoms with Crippen molar-refractivity contribution in [3.05, 3.63) is 92.1 Å². The molecule has 178 valence electrons. The zero-order valence-electron chi connectivity index (χ0n) is 18.3. The smallest absolute Gasteiger partial charge is 0.306 e. The molecule has 4 rings (SSSR count). The molecule has 1 heterocycles. The molecule has 0 bridgehead atoms. The molecular weight excluding hydrogens is 458 g/mol. The Hall–Kier alpha value is -4.86. The fourth-order valence-corrected chi connectivity index (χ4v) is 3.93. The lowest BCUT2D eigenvalue weighted by Crippen LogP contribution is -2.12. The number of nitro benzene ring substituents is 1. The molecule has 0 aliphatic heterocycles. The highest BCUT2D eigenvalue weighted by Crippen LogP contribution is 2.49. The van der Waals surface area contributed by atoms with Crippen LogP contribution in [0.5, 0.6) is 17.2 Å². The number of carbonyl (C=O) groups excluding carboxylic acids is 1. The summed E-state index contributed by atoms with van der Waals surface area (Å²) in [5.41, 5.74) is -0.769. The van der Waals surface area contributed by atoms with E-state index in [0.717, 1.165) is 13.2 Å². The third-order valence-corrected chi connectivity index (χ3v) is 5.62. The first-order valence-electron chi connectivity index (χ1n) is 10.3. The van der Waals surface area contributed by atoms with Crippen LogP contribution in [0.4, 0.5) is 5.69 Å². The van der Waals surface area contributed by atoms with Gasteiger partial charge in [0.2, 0.25) is 5.75 Å². The Labute approximate surface area is 197 Å². The van der Waals surface area contributed by atoms with Crippen LogP contribution >= 0.6 is 0 Å². The number of carbonyl (C=O) groups is 1. The third kappa shape index (κ3) is 4.24. The number of hydrogen-bond donors (Lipinski definition) is 3. The van der Waals surface area contributed by atoms with E-state index in [2.05, 4.69) is 0 Å². The van der Waals surface area contributed by atoms with Crippen LogP contribution in [0, 0.1) is 10.1 Å². The number of fused-ring (bicyclic) bond motifs is 1. The van der Waals surface area contributed by atoms with Gasteiger partial charge in [-0.15, -0.1) is 0 Å². The summed E-state index contributed by atoms with van der Waals surface area (Å²) in [7, 11) is 1.15. The van der Waals surface area contributed by atoms with Crippen molar-refractivity contribution in [1.82, 2.24) is 0 Å². The number of benzene rings is 3. The molecule has 0 spiro atoms. The van der Waals surface area contributed by atoms with E-state index in [4.69, 9.17) is 9.15 Å². The number of nitrogens with zero attached hydrogens (tertiary/aromatic N) is 1. The maximum absolute atomic E-state index is 13.0. The SMILES string of the molecule is COC(=O)C[C@@H](c1cccc([N+](=O)[O-])c1)c1c(O)c(O)c(O)c2c(=O)cc(-c3ccccc3)oc12. The second-order valence-electron chi connectivity index (χ2n) is 7.69. The predicted molar refractivity (Wildman–Crippen MR) is 124 cm³/mol. The summed E-state index contributed by atoms with van der Waals surface area (Å²) in [6, 6.07) is 15.0. The fraction of sp³-hybridized carbons (Fsp3) is 0.120. The van der Waals surface area contributed by atoms with Crippen molar-refractivity contribution in [3.8, 4) is 28.6 Å². The van der Waals surface area contributed by atoms with Crippen LogP contribution in [-0.4, -0.2) is 33.3 Å². The Morgan fingerprint density at radius 3 is 2.40 bits per heavy atom. The van der Waals surface area contributed by atoms with Crippen LogP contribution in [0.25, 0.3) is 22.3 Å². The minimum Gasteiger partial charge on any atom is -0.504 e. The van der Waals surface area contributed by atoms with Crippen molar-refractivity contribution in [1.29, 1.82) is 0 Å². The first-order valence-corrected chi connectivity index (χ1v) is 10.3. The number of esters is 1. The molecule has 0 aliphatic rings. The summed E-state index contributed by atoms with van der Waals surface area (Å²) in [4.78, 5) is 36.0. The Morgan fingerprint density at radius 2 is 1.74 bits per heavy atom. The van der Waals surface area contributed by atoms with Gasteiger partial charge in [0.15, 0.2) is 16.9 Å². The monoisotopic (exact) mass is 477 g/mol. The highest BCUT2D eigenvalue weighted by atomic mass is 16.6. The number of phenolic OH excluding ortho intramolecular Hbond substituents is 3. The summed E-state index contributed by atoms with van der Waals surface area (Å²) in [5, 5.41) is 42.7. The molecule has 1 aromatic heterocycles. The van der Waals surface area contributed by atoms with Crippen molar-refractivity contribution in [2.45, 2.75) is 12.3 Å². The molecule has 4 aromatic rings. The Balaban J connectivity index is 2.09. The van der Waals surface area contributed by atoms with Gasteiger partial charge in [-0.25, -0.2) is 0 Å². The minimum absolute atomic E-state index is 0.102.